The molecule has 19 heavy (non-hydrogen) atoms. The van der Waals surface area contributed by atoms with Crippen LogP contribution < -0.4 is 0 Å². The van der Waals surface area contributed by atoms with E-state index in [0.717, 1.165) is 5.56 Å². The maximum Gasteiger partial charge on any atom is 0.358 e. The van der Waals surface area contributed by atoms with Crippen LogP contribution in [0.5, 0.6) is 0 Å². The van der Waals surface area contributed by atoms with E-state index in [-0.39, 0.29) is 11.5 Å². The van der Waals surface area contributed by atoms with Crippen molar-refractivity contribution < 1.29 is 14.3 Å². The molecule has 0 atom stereocenters. The van der Waals surface area contributed by atoms with E-state index in [9.17, 15) is 9.18 Å². The summed E-state index contributed by atoms with van der Waals surface area (Å²) in [6.45, 7) is 3.96. The van der Waals surface area contributed by atoms with Gasteiger partial charge in [0.25, 0.3) is 0 Å². The molecular formula is C13H12FN3O2. The molecule has 0 spiro atoms. The van der Waals surface area contributed by atoms with Gasteiger partial charge in [0.15, 0.2) is 5.69 Å². The number of aromatic nitrogens is 3. The number of carbonyl (C=O) groups is 1. The highest BCUT2D eigenvalue weighted by Crippen LogP contribution is 2.13. The lowest BCUT2D eigenvalue weighted by Crippen LogP contribution is -2.08. The van der Waals surface area contributed by atoms with Crippen LogP contribution in [0, 0.1) is 5.82 Å². The molecule has 0 aliphatic heterocycles. The fourth-order valence-electron chi connectivity index (χ4n) is 1.74. The van der Waals surface area contributed by atoms with E-state index in [2.05, 4.69) is 16.9 Å². The molecule has 0 radical (unpaired) electrons. The number of allylic oxidation sites excluding steroid dienone is 1. The SMILES string of the molecule is C=CCn1nnc(C(=O)O)c1Cc1ccc(F)cc1. The molecule has 0 unspecified atom stereocenters. The molecule has 2 rings (SSSR count). The van der Waals surface area contributed by atoms with Crippen molar-refractivity contribution in [1.82, 2.24) is 15.0 Å². The van der Waals surface area contributed by atoms with E-state index < -0.39 is 5.97 Å². The largest absolute Gasteiger partial charge is 0.476 e. The Morgan fingerprint density at radius 3 is 2.68 bits per heavy atom. The number of hydrogen-bond donors (Lipinski definition) is 1. The summed E-state index contributed by atoms with van der Waals surface area (Å²) in [5, 5.41) is 16.5. The summed E-state index contributed by atoms with van der Waals surface area (Å²) in [7, 11) is 0. The van der Waals surface area contributed by atoms with Crippen molar-refractivity contribution in [2.75, 3.05) is 0 Å². The first kappa shape index (κ1) is 12.9. The van der Waals surface area contributed by atoms with Crippen LogP contribution in [0.4, 0.5) is 4.39 Å². The first-order chi connectivity index (χ1) is 9.11. The smallest absolute Gasteiger partial charge is 0.358 e. The van der Waals surface area contributed by atoms with Gasteiger partial charge in [-0.15, -0.1) is 11.7 Å². The van der Waals surface area contributed by atoms with Crippen LogP contribution in [0.3, 0.4) is 0 Å². The molecule has 0 saturated carbocycles. The van der Waals surface area contributed by atoms with Crippen molar-refractivity contribution in [1.29, 1.82) is 0 Å². The molecule has 0 amide bonds. The summed E-state index contributed by atoms with van der Waals surface area (Å²) >= 11 is 0. The summed E-state index contributed by atoms with van der Waals surface area (Å²) in [4.78, 5) is 11.1. The minimum Gasteiger partial charge on any atom is -0.476 e. The zero-order chi connectivity index (χ0) is 13.8. The van der Waals surface area contributed by atoms with Crippen LogP contribution in [0.25, 0.3) is 0 Å². The van der Waals surface area contributed by atoms with Crippen LogP contribution in [-0.2, 0) is 13.0 Å². The topological polar surface area (TPSA) is 68.0 Å². The fourth-order valence-corrected chi connectivity index (χ4v) is 1.74. The van der Waals surface area contributed by atoms with E-state index in [4.69, 9.17) is 5.11 Å². The normalized spacial score (nSPS) is 10.4. The zero-order valence-corrected chi connectivity index (χ0v) is 10.1. The Hall–Kier alpha value is -2.50. The molecule has 1 heterocycles. The average molecular weight is 261 g/mol. The summed E-state index contributed by atoms with van der Waals surface area (Å²) in [5.74, 6) is -1.47. The van der Waals surface area contributed by atoms with Gasteiger partial charge in [-0.05, 0) is 17.7 Å². The number of aromatic carboxylic acids is 1. The molecule has 98 valence electrons. The van der Waals surface area contributed by atoms with E-state index in [1.54, 1.807) is 18.2 Å². The predicted molar refractivity (Wildman–Crippen MR) is 66.4 cm³/mol. The van der Waals surface area contributed by atoms with Crippen molar-refractivity contribution in [2.24, 2.45) is 0 Å². The van der Waals surface area contributed by atoms with Crippen LogP contribution in [0.2, 0.25) is 0 Å². The van der Waals surface area contributed by atoms with Crippen molar-refractivity contribution in [3.05, 3.63) is 59.7 Å². The highest BCUT2D eigenvalue weighted by molar-refractivity contribution is 5.86. The van der Waals surface area contributed by atoms with Gasteiger partial charge in [-0.1, -0.05) is 23.4 Å². The van der Waals surface area contributed by atoms with E-state index in [1.165, 1.54) is 16.8 Å². The molecule has 1 N–H and O–H groups in total. The Labute approximate surface area is 109 Å². The molecule has 0 fully saturated rings. The van der Waals surface area contributed by atoms with Crippen LogP contribution in [0.1, 0.15) is 21.7 Å². The van der Waals surface area contributed by atoms with Gasteiger partial charge in [0.05, 0.1) is 12.2 Å². The van der Waals surface area contributed by atoms with Crippen molar-refractivity contribution in [3.63, 3.8) is 0 Å². The van der Waals surface area contributed by atoms with Crippen LogP contribution >= 0.6 is 0 Å². The monoisotopic (exact) mass is 261 g/mol. The van der Waals surface area contributed by atoms with E-state index in [1.807, 2.05) is 0 Å². The zero-order valence-electron chi connectivity index (χ0n) is 10.1. The summed E-state index contributed by atoms with van der Waals surface area (Å²) < 4.78 is 14.3. The maximum atomic E-state index is 12.8. The molecule has 0 aliphatic carbocycles. The predicted octanol–water partition coefficient (Wildman–Crippen LogP) is 1.89. The Balaban J connectivity index is 2.36. The van der Waals surface area contributed by atoms with Crippen LogP contribution in [0.15, 0.2) is 36.9 Å². The standard InChI is InChI=1S/C13H12FN3O2/c1-2-7-17-11(12(13(18)19)15-16-17)8-9-3-5-10(14)6-4-9/h2-6H,1,7-8H2,(H,18,19). The molecule has 0 saturated heterocycles. The number of carboxylic acid groups (broad SMARTS) is 1. The van der Waals surface area contributed by atoms with Gasteiger partial charge < -0.3 is 5.11 Å². The quantitative estimate of drug-likeness (QED) is 0.834. The fraction of sp³-hybridized carbons (Fsp3) is 0.154. The molecule has 5 nitrogen and oxygen atoms in total. The second-order valence-electron chi connectivity index (χ2n) is 3.96. The van der Waals surface area contributed by atoms with Gasteiger partial charge >= 0.3 is 5.97 Å². The minimum atomic E-state index is -1.13. The Morgan fingerprint density at radius 1 is 1.42 bits per heavy atom. The van der Waals surface area contributed by atoms with E-state index in [0.29, 0.717) is 18.7 Å². The molecular weight excluding hydrogens is 249 g/mol. The van der Waals surface area contributed by atoms with Gasteiger partial charge in [0.1, 0.15) is 5.82 Å². The van der Waals surface area contributed by atoms with Gasteiger partial charge in [-0.3, -0.25) is 0 Å². The second kappa shape index (κ2) is 5.43. The third kappa shape index (κ3) is 2.85. The highest BCUT2D eigenvalue weighted by Gasteiger charge is 2.18. The Kier molecular flexibility index (Phi) is 3.70. The molecule has 2 aromatic rings. The maximum absolute atomic E-state index is 12.8. The number of hydrogen-bond acceptors (Lipinski definition) is 3. The number of nitrogens with zero attached hydrogens (tertiary/aromatic N) is 3. The summed E-state index contributed by atoms with van der Waals surface area (Å²) in [6, 6.07) is 5.87. The third-order valence-corrected chi connectivity index (χ3v) is 2.63. The number of rotatable bonds is 5. The van der Waals surface area contributed by atoms with Gasteiger partial charge in [0, 0.05) is 6.42 Å². The van der Waals surface area contributed by atoms with Crippen molar-refractivity contribution in [2.45, 2.75) is 13.0 Å². The van der Waals surface area contributed by atoms with Gasteiger partial charge in [0.2, 0.25) is 0 Å². The minimum absolute atomic E-state index is 0.0915. The van der Waals surface area contributed by atoms with Gasteiger partial charge in [-0.2, -0.15) is 0 Å². The Morgan fingerprint density at radius 2 is 2.11 bits per heavy atom. The summed E-state index contributed by atoms with van der Waals surface area (Å²) in [5.41, 5.74) is 1.17. The number of halogens is 1. The molecule has 0 bridgehead atoms. The molecule has 0 aliphatic rings. The average Bonchev–Trinajstić information content (AvgIpc) is 2.76. The highest BCUT2D eigenvalue weighted by atomic mass is 19.1. The molecule has 1 aromatic carbocycles. The lowest BCUT2D eigenvalue weighted by atomic mass is 10.1. The molecule has 1 aromatic heterocycles. The first-order valence-corrected chi connectivity index (χ1v) is 5.63. The number of carboxylic acids is 1. The summed E-state index contributed by atoms with van der Waals surface area (Å²) in [6.07, 6.45) is 1.93. The molecule has 6 heteroatoms. The lowest BCUT2D eigenvalue weighted by Gasteiger charge is -2.05. The number of benzene rings is 1. The van der Waals surface area contributed by atoms with E-state index >= 15 is 0 Å². The lowest BCUT2D eigenvalue weighted by molar-refractivity contribution is 0.0689. The van der Waals surface area contributed by atoms with Crippen LogP contribution in [-0.4, -0.2) is 26.1 Å². The van der Waals surface area contributed by atoms with Crippen molar-refractivity contribution >= 4 is 5.97 Å². The van der Waals surface area contributed by atoms with Crippen molar-refractivity contribution in [3.8, 4) is 0 Å². The first-order valence-electron chi connectivity index (χ1n) is 5.63. The van der Waals surface area contributed by atoms with Gasteiger partial charge in [-0.25, -0.2) is 13.9 Å². The third-order valence-electron chi connectivity index (χ3n) is 2.63. The Bertz CT molecular complexity index is 605. The second-order valence-corrected chi connectivity index (χ2v) is 3.96.